The molecule has 0 aliphatic carbocycles. The van der Waals surface area contributed by atoms with Crippen LogP contribution in [0.15, 0.2) is 18.2 Å². The lowest BCUT2D eigenvalue weighted by atomic mass is 10.1. The molecular weight excluding hydrogens is 246 g/mol. The lowest BCUT2D eigenvalue weighted by Crippen LogP contribution is -2.11. The molecule has 0 saturated heterocycles. The number of carbonyl (C=O) groups is 1. The Hall–Kier alpha value is -1.75. The molecule has 0 aliphatic heterocycles. The Morgan fingerprint density at radius 2 is 2.11 bits per heavy atom. The second-order valence-corrected chi connectivity index (χ2v) is 4.07. The number of ether oxygens (including phenoxy) is 2. The molecule has 0 fully saturated rings. The fraction of sp³-hybridized carbons (Fsp3) is 0.500. The molecule has 5 heteroatoms. The topological polar surface area (TPSA) is 81.8 Å². The van der Waals surface area contributed by atoms with E-state index in [-0.39, 0.29) is 12.2 Å². The predicted octanol–water partition coefficient (Wildman–Crippen LogP) is 1.99. The SMILES string of the molecule is CCOc1cccc(N)c1C(=O)OCCCCCO. The van der Waals surface area contributed by atoms with Crippen LogP contribution < -0.4 is 10.5 Å². The summed E-state index contributed by atoms with van der Waals surface area (Å²) >= 11 is 0. The molecule has 19 heavy (non-hydrogen) atoms. The normalized spacial score (nSPS) is 10.2. The molecule has 3 N–H and O–H groups in total. The first-order valence-electron chi connectivity index (χ1n) is 6.50. The third kappa shape index (κ3) is 4.79. The van der Waals surface area contributed by atoms with Crippen molar-refractivity contribution in [1.29, 1.82) is 0 Å². The average molecular weight is 267 g/mol. The maximum Gasteiger partial charge on any atom is 0.344 e. The van der Waals surface area contributed by atoms with Crippen LogP contribution in [0.1, 0.15) is 36.5 Å². The van der Waals surface area contributed by atoms with Crippen LogP contribution in [0.4, 0.5) is 5.69 Å². The van der Waals surface area contributed by atoms with Crippen LogP contribution in [0.25, 0.3) is 0 Å². The van der Waals surface area contributed by atoms with Gasteiger partial charge in [0.1, 0.15) is 11.3 Å². The van der Waals surface area contributed by atoms with Crippen molar-refractivity contribution < 1.29 is 19.4 Å². The van der Waals surface area contributed by atoms with Gasteiger partial charge >= 0.3 is 5.97 Å². The van der Waals surface area contributed by atoms with Crippen molar-refractivity contribution in [2.24, 2.45) is 0 Å². The number of nitrogens with two attached hydrogens (primary N) is 1. The highest BCUT2D eigenvalue weighted by Crippen LogP contribution is 2.25. The number of esters is 1. The molecule has 1 aromatic rings. The molecule has 0 unspecified atom stereocenters. The molecular formula is C14H21NO4. The van der Waals surface area contributed by atoms with E-state index in [2.05, 4.69) is 0 Å². The van der Waals surface area contributed by atoms with Gasteiger partial charge in [-0.15, -0.1) is 0 Å². The van der Waals surface area contributed by atoms with Gasteiger partial charge in [-0.25, -0.2) is 4.79 Å². The van der Waals surface area contributed by atoms with Crippen molar-refractivity contribution in [2.45, 2.75) is 26.2 Å². The first kappa shape index (κ1) is 15.3. The molecule has 0 saturated carbocycles. The number of rotatable bonds is 8. The lowest BCUT2D eigenvalue weighted by Gasteiger charge is -2.12. The molecule has 0 amide bonds. The molecule has 106 valence electrons. The van der Waals surface area contributed by atoms with Gasteiger partial charge in [0.05, 0.1) is 13.2 Å². The van der Waals surface area contributed by atoms with Gasteiger partial charge in [-0.05, 0) is 38.3 Å². The number of nitrogen functional groups attached to an aromatic ring is 1. The Labute approximate surface area is 113 Å². The minimum Gasteiger partial charge on any atom is -0.493 e. The highest BCUT2D eigenvalue weighted by molar-refractivity contribution is 5.98. The number of aliphatic hydroxyl groups is 1. The van der Waals surface area contributed by atoms with E-state index in [9.17, 15) is 4.79 Å². The van der Waals surface area contributed by atoms with Crippen LogP contribution in [0.2, 0.25) is 0 Å². The Balaban J connectivity index is 2.60. The van der Waals surface area contributed by atoms with Crippen LogP contribution in [0.3, 0.4) is 0 Å². The Kier molecular flexibility index (Phi) is 6.74. The molecule has 0 bridgehead atoms. The number of carbonyl (C=O) groups excluding carboxylic acids is 1. The van der Waals surface area contributed by atoms with Crippen molar-refractivity contribution in [3.63, 3.8) is 0 Å². The largest absolute Gasteiger partial charge is 0.493 e. The predicted molar refractivity (Wildman–Crippen MR) is 73.2 cm³/mol. The third-order valence-corrected chi connectivity index (χ3v) is 2.60. The first-order valence-corrected chi connectivity index (χ1v) is 6.50. The summed E-state index contributed by atoms with van der Waals surface area (Å²) in [5, 5.41) is 8.64. The van der Waals surface area contributed by atoms with Gasteiger partial charge in [-0.1, -0.05) is 6.07 Å². The van der Waals surface area contributed by atoms with Crippen LogP contribution in [0, 0.1) is 0 Å². The molecule has 5 nitrogen and oxygen atoms in total. The van der Waals surface area contributed by atoms with E-state index in [1.54, 1.807) is 18.2 Å². The maximum atomic E-state index is 12.0. The van der Waals surface area contributed by atoms with E-state index in [1.165, 1.54) is 0 Å². The fourth-order valence-corrected chi connectivity index (χ4v) is 1.67. The molecule has 0 atom stereocenters. The van der Waals surface area contributed by atoms with Crippen LogP contribution in [-0.2, 0) is 4.74 Å². The fourth-order valence-electron chi connectivity index (χ4n) is 1.67. The summed E-state index contributed by atoms with van der Waals surface area (Å²) in [7, 11) is 0. The summed E-state index contributed by atoms with van der Waals surface area (Å²) < 4.78 is 10.5. The second kappa shape index (κ2) is 8.37. The third-order valence-electron chi connectivity index (χ3n) is 2.60. The van der Waals surface area contributed by atoms with Crippen LogP contribution >= 0.6 is 0 Å². The van der Waals surface area contributed by atoms with Crippen molar-refractivity contribution in [3.8, 4) is 5.75 Å². The molecule has 0 aromatic heterocycles. The molecule has 0 spiro atoms. The van der Waals surface area contributed by atoms with Gasteiger partial charge in [0, 0.05) is 12.3 Å². The summed E-state index contributed by atoms with van der Waals surface area (Å²) in [6.07, 6.45) is 2.27. The van der Waals surface area contributed by atoms with E-state index >= 15 is 0 Å². The molecule has 0 radical (unpaired) electrons. The number of benzene rings is 1. The van der Waals surface area contributed by atoms with Gasteiger partial charge in [0.2, 0.25) is 0 Å². The number of unbranched alkanes of at least 4 members (excludes halogenated alkanes) is 2. The van der Waals surface area contributed by atoms with Gasteiger partial charge in [0.25, 0.3) is 0 Å². The van der Waals surface area contributed by atoms with Crippen molar-refractivity contribution in [2.75, 3.05) is 25.6 Å². The summed E-state index contributed by atoms with van der Waals surface area (Å²) in [6, 6.07) is 5.07. The zero-order chi connectivity index (χ0) is 14.1. The summed E-state index contributed by atoms with van der Waals surface area (Å²) in [6.45, 7) is 2.78. The number of anilines is 1. The maximum absolute atomic E-state index is 12.0. The zero-order valence-corrected chi connectivity index (χ0v) is 11.2. The highest BCUT2D eigenvalue weighted by Gasteiger charge is 2.17. The van der Waals surface area contributed by atoms with Gasteiger partial charge in [-0.3, -0.25) is 0 Å². The van der Waals surface area contributed by atoms with Crippen molar-refractivity contribution in [1.82, 2.24) is 0 Å². The minimum absolute atomic E-state index is 0.161. The second-order valence-electron chi connectivity index (χ2n) is 4.07. The molecule has 1 rings (SSSR count). The molecule has 0 aliphatic rings. The number of aliphatic hydroxyl groups excluding tert-OH is 1. The smallest absolute Gasteiger partial charge is 0.344 e. The van der Waals surface area contributed by atoms with Crippen LogP contribution in [0.5, 0.6) is 5.75 Å². The Bertz CT molecular complexity index is 406. The summed E-state index contributed by atoms with van der Waals surface area (Å²) in [5.74, 6) is -0.0200. The highest BCUT2D eigenvalue weighted by atomic mass is 16.5. The van der Waals surface area contributed by atoms with E-state index < -0.39 is 5.97 Å². The van der Waals surface area contributed by atoms with Crippen molar-refractivity contribution in [3.05, 3.63) is 23.8 Å². The van der Waals surface area contributed by atoms with E-state index in [0.717, 1.165) is 19.3 Å². The first-order chi connectivity index (χ1) is 9.20. The van der Waals surface area contributed by atoms with E-state index in [0.29, 0.717) is 24.7 Å². The van der Waals surface area contributed by atoms with Crippen molar-refractivity contribution >= 4 is 11.7 Å². The zero-order valence-electron chi connectivity index (χ0n) is 11.2. The summed E-state index contributed by atoms with van der Waals surface area (Å²) in [4.78, 5) is 12.0. The van der Waals surface area contributed by atoms with Gasteiger partial charge in [-0.2, -0.15) is 0 Å². The standard InChI is InChI=1S/C14H21NO4/c1-2-18-12-8-6-7-11(15)13(12)14(17)19-10-5-3-4-9-16/h6-8,16H,2-5,9-10,15H2,1H3. The van der Waals surface area contributed by atoms with Crippen LogP contribution in [-0.4, -0.2) is 30.9 Å². The van der Waals surface area contributed by atoms with E-state index in [4.69, 9.17) is 20.3 Å². The molecule has 0 heterocycles. The molecule has 1 aromatic carbocycles. The number of hydrogen-bond acceptors (Lipinski definition) is 5. The minimum atomic E-state index is -0.467. The van der Waals surface area contributed by atoms with Gasteiger partial charge < -0.3 is 20.3 Å². The lowest BCUT2D eigenvalue weighted by molar-refractivity contribution is 0.0494. The Morgan fingerprint density at radius 3 is 2.79 bits per heavy atom. The average Bonchev–Trinajstić information content (AvgIpc) is 2.39. The monoisotopic (exact) mass is 267 g/mol. The van der Waals surface area contributed by atoms with Gasteiger partial charge in [0.15, 0.2) is 0 Å². The number of hydrogen-bond donors (Lipinski definition) is 2. The Morgan fingerprint density at radius 1 is 1.32 bits per heavy atom. The van der Waals surface area contributed by atoms with E-state index in [1.807, 2.05) is 6.92 Å². The summed E-state index contributed by atoms with van der Waals surface area (Å²) in [5.41, 5.74) is 6.43. The quantitative estimate of drug-likeness (QED) is 0.427.